The molecule has 0 aliphatic carbocycles. The summed E-state index contributed by atoms with van der Waals surface area (Å²) in [7, 11) is 0. The van der Waals surface area contributed by atoms with E-state index in [0.717, 1.165) is 18.2 Å². The molecule has 0 radical (unpaired) electrons. The van der Waals surface area contributed by atoms with E-state index in [1.807, 2.05) is 0 Å². The molecule has 0 unspecified atom stereocenters. The second kappa shape index (κ2) is 7.63. The van der Waals surface area contributed by atoms with Gasteiger partial charge in [-0.15, -0.1) is 0 Å². The van der Waals surface area contributed by atoms with Crippen LogP contribution in [0.2, 0.25) is 0 Å². The molecule has 19 heavy (non-hydrogen) atoms. The number of hydrogen-bond donors (Lipinski definition) is 1. The van der Waals surface area contributed by atoms with Crippen LogP contribution in [0.3, 0.4) is 0 Å². The zero-order chi connectivity index (χ0) is 14.3. The van der Waals surface area contributed by atoms with Gasteiger partial charge in [-0.2, -0.15) is 8.78 Å². The highest BCUT2D eigenvalue weighted by atomic mass is 19.3. The topological polar surface area (TPSA) is 47.6 Å². The molecule has 0 aliphatic rings. The zero-order valence-corrected chi connectivity index (χ0v) is 10.3. The maximum atomic E-state index is 12.9. The van der Waals surface area contributed by atoms with Crippen molar-refractivity contribution in [3.63, 3.8) is 0 Å². The van der Waals surface area contributed by atoms with Crippen LogP contribution in [0.1, 0.15) is 13.3 Å². The maximum absolute atomic E-state index is 12.9. The first-order valence-corrected chi connectivity index (χ1v) is 5.65. The minimum atomic E-state index is -3.10. The van der Waals surface area contributed by atoms with Gasteiger partial charge < -0.3 is 14.8 Å². The summed E-state index contributed by atoms with van der Waals surface area (Å²) in [5.41, 5.74) is -0.0109. The fourth-order valence-electron chi connectivity index (χ4n) is 1.31. The third-order valence-electron chi connectivity index (χ3n) is 2.11. The summed E-state index contributed by atoms with van der Waals surface area (Å²) in [6, 6.07) is 2.98. The van der Waals surface area contributed by atoms with Gasteiger partial charge in [-0.1, -0.05) is 0 Å². The number of anilines is 1. The molecule has 1 rings (SSSR count). The Labute approximate surface area is 108 Å². The number of benzene rings is 1. The number of carbonyl (C=O) groups excluding carboxylic acids is 1. The van der Waals surface area contributed by atoms with Crippen molar-refractivity contribution in [2.75, 3.05) is 18.5 Å². The van der Waals surface area contributed by atoms with Crippen molar-refractivity contribution in [3.05, 3.63) is 24.0 Å². The minimum absolute atomic E-state index is 0.0109. The van der Waals surface area contributed by atoms with Crippen LogP contribution in [0.15, 0.2) is 18.2 Å². The van der Waals surface area contributed by atoms with Gasteiger partial charge in [0.1, 0.15) is 5.82 Å². The number of hydrogen-bond acceptors (Lipinski definition) is 3. The molecule has 0 spiro atoms. The molecule has 0 aliphatic heterocycles. The van der Waals surface area contributed by atoms with Crippen molar-refractivity contribution in [1.29, 1.82) is 0 Å². The van der Waals surface area contributed by atoms with Crippen molar-refractivity contribution >= 4 is 11.6 Å². The SMILES string of the molecule is CCOCCC(=O)Nc1ccc(F)cc1OC(F)F. The Morgan fingerprint density at radius 1 is 1.42 bits per heavy atom. The molecule has 0 heterocycles. The van der Waals surface area contributed by atoms with Gasteiger partial charge in [0.15, 0.2) is 5.75 Å². The Morgan fingerprint density at radius 2 is 2.16 bits per heavy atom. The molecule has 0 fully saturated rings. The average Bonchev–Trinajstić information content (AvgIpc) is 2.32. The average molecular weight is 277 g/mol. The predicted molar refractivity (Wildman–Crippen MR) is 62.8 cm³/mol. The Kier molecular flexibility index (Phi) is 6.14. The van der Waals surface area contributed by atoms with Gasteiger partial charge in [0.2, 0.25) is 5.91 Å². The standard InChI is InChI=1S/C12H14F3NO3/c1-2-18-6-5-11(17)16-9-4-3-8(13)7-10(9)19-12(14)15/h3-4,7,12H,2,5-6H2,1H3,(H,16,17). The second-order valence-corrected chi connectivity index (χ2v) is 3.51. The van der Waals surface area contributed by atoms with E-state index in [1.54, 1.807) is 6.92 Å². The van der Waals surface area contributed by atoms with E-state index in [1.165, 1.54) is 0 Å². The third kappa shape index (κ3) is 5.60. The molecular weight excluding hydrogens is 263 g/mol. The molecule has 0 aromatic heterocycles. The van der Waals surface area contributed by atoms with E-state index in [9.17, 15) is 18.0 Å². The van der Waals surface area contributed by atoms with Gasteiger partial charge in [-0.25, -0.2) is 4.39 Å². The van der Waals surface area contributed by atoms with Crippen LogP contribution in [0, 0.1) is 5.82 Å². The van der Waals surface area contributed by atoms with Crippen LogP contribution in [-0.4, -0.2) is 25.7 Å². The number of nitrogens with one attached hydrogen (secondary N) is 1. The van der Waals surface area contributed by atoms with Crippen molar-refractivity contribution in [1.82, 2.24) is 0 Å². The van der Waals surface area contributed by atoms with Crippen LogP contribution in [0.5, 0.6) is 5.75 Å². The van der Waals surface area contributed by atoms with Crippen LogP contribution in [-0.2, 0) is 9.53 Å². The Morgan fingerprint density at radius 3 is 2.79 bits per heavy atom. The highest BCUT2D eigenvalue weighted by molar-refractivity contribution is 5.92. The van der Waals surface area contributed by atoms with E-state index < -0.39 is 24.1 Å². The minimum Gasteiger partial charge on any atom is -0.432 e. The first kappa shape index (κ1) is 15.3. The smallest absolute Gasteiger partial charge is 0.387 e. The third-order valence-corrected chi connectivity index (χ3v) is 2.11. The van der Waals surface area contributed by atoms with Crippen LogP contribution >= 0.6 is 0 Å². The summed E-state index contributed by atoms with van der Waals surface area (Å²) in [6.45, 7) is -0.620. The zero-order valence-electron chi connectivity index (χ0n) is 10.3. The fraction of sp³-hybridized carbons (Fsp3) is 0.417. The molecule has 1 N–H and O–H groups in total. The van der Waals surface area contributed by atoms with E-state index >= 15 is 0 Å². The summed E-state index contributed by atoms with van der Waals surface area (Å²) in [5.74, 6) is -1.58. The van der Waals surface area contributed by atoms with Gasteiger partial charge in [-0.05, 0) is 19.1 Å². The summed E-state index contributed by atoms with van der Waals surface area (Å²) in [5, 5.41) is 2.36. The lowest BCUT2D eigenvalue weighted by Gasteiger charge is -2.12. The molecule has 1 amide bonds. The number of alkyl halides is 2. The fourth-order valence-corrected chi connectivity index (χ4v) is 1.31. The number of halogens is 3. The lowest BCUT2D eigenvalue weighted by molar-refractivity contribution is -0.117. The molecule has 7 heteroatoms. The van der Waals surface area contributed by atoms with Crippen molar-refractivity contribution in [2.45, 2.75) is 20.0 Å². The van der Waals surface area contributed by atoms with Gasteiger partial charge in [0.05, 0.1) is 18.7 Å². The predicted octanol–water partition coefficient (Wildman–Crippen LogP) is 2.79. The van der Waals surface area contributed by atoms with Gasteiger partial charge in [0.25, 0.3) is 0 Å². The summed E-state index contributed by atoms with van der Waals surface area (Å²) < 4.78 is 46.3. The lowest BCUT2D eigenvalue weighted by atomic mass is 10.2. The Balaban J connectivity index is 2.68. The molecule has 1 aromatic rings. The lowest BCUT2D eigenvalue weighted by Crippen LogP contribution is -2.15. The summed E-state index contributed by atoms with van der Waals surface area (Å²) >= 11 is 0. The van der Waals surface area contributed by atoms with Crippen molar-refractivity contribution in [3.8, 4) is 5.75 Å². The van der Waals surface area contributed by atoms with E-state index in [0.29, 0.717) is 6.61 Å². The van der Waals surface area contributed by atoms with E-state index in [2.05, 4.69) is 10.1 Å². The molecule has 0 bridgehead atoms. The monoisotopic (exact) mass is 277 g/mol. The largest absolute Gasteiger partial charge is 0.432 e. The van der Waals surface area contributed by atoms with E-state index in [-0.39, 0.29) is 18.7 Å². The number of amides is 1. The van der Waals surface area contributed by atoms with Gasteiger partial charge in [0, 0.05) is 12.7 Å². The first-order chi connectivity index (χ1) is 9.02. The molecule has 106 valence electrons. The Bertz CT molecular complexity index is 427. The molecule has 0 saturated carbocycles. The van der Waals surface area contributed by atoms with Crippen molar-refractivity contribution in [2.24, 2.45) is 0 Å². The van der Waals surface area contributed by atoms with Gasteiger partial charge in [-0.3, -0.25) is 4.79 Å². The van der Waals surface area contributed by atoms with Gasteiger partial charge >= 0.3 is 6.61 Å². The molecule has 0 saturated heterocycles. The number of carbonyl (C=O) groups is 1. The normalized spacial score (nSPS) is 10.6. The summed E-state index contributed by atoms with van der Waals surface area (Å²) in [6.07, 6.45) is 0.0688. The van der Waals surface area contributed by atoms with E-state index in [4.69, 9.17) is 4.74 Å². The number of rotatable bonds is 7. The quantitative estimate of drug-likeness (QED) is 0.780. The van der Waals surface area contributed by atoms with Crippen molar-refractivity contribution < 1.29 is 27.4 Å². The molecule has 0 atom stereocenters. The molecular formula is C12H14F3NO3. The maximum Gasteiger partial charge on any atom is 0.387 e. The van der Waals surface area contributed by atoms with Crippen LogP contribution in [0.4, 0.5) is 18.9 Å². The Hall–Kier alpha value is -1.76. The summed E-state index contributed by atoms with van der Waals surface area (Å²) in [4.78, 5) is 11.5. The van der Waals surface area contributed by atoms with Crippen LogP contribution < -0.4 is 10.1 Å². The second-order valence-electron chi connectivity index (χ2n) is 3.51. The highest BCUT2D eigenvalue weighted by Crippen LogP contribution is 2.27. The first-order valence-electron chi connectivity index (χ1n) is 5.65. The van der Waals surface area contributed by atoms with Crippen LogP contribution in [0.25, 0.3) is 0 Å². The highest BCUT2D eigenvalue weighted by Gasteiger charge is 2.13. The number of ether oxygens (including phenoxy) is 2. The molecule has 1 aromatic carbocycles. The molecule has 4 nitrogen and oxygen atoms in total.